The Labute approximate surface area is 209 Å². The van der Waals surface area contributed by atoms with E-state index in [1.165, 1.54) is 53.4 Å². The smallest absolute Gasteiger partial charge is 0.341 e. The lowest BCUT2D eigenvalue weighted by atomic mass is 10.1. The molecule has 1 heterocycles. The van der Waals surface area contributed by atoms with Gasteiger partial charge in [0, 0.05) is 0 Å². The van der Waals surface area contributed by atoms with Gasteiger partial charge < -0.3 is 14.6 Å². The molecule has 1 fully saturated rings. The third-order valence-electron chi connectivity index (χ3n) is 4.86. The number of hydrogen-bond acceptors (Lipinski definition) is 6. The molecule has 1 N–H and O–H groups in total. The fraction of sp³-hybridized carbons (Fsp3) is 0.115. The molecule has 0 radical (unpaired) electrons. The normalized spacial score (nSPS) is 15.5. The summed E-state index contributed by atoms with van der Waals surface area (Å²) < 4.78 is 37.7. The number of nitrogens with zero attached hydrogens (tertiary/aromatic N) is 2. The quantitative estimate of drug-likeness (QED) is 0.395. The topological polar surface area (TPSA) is 88.4 Å². The lowest BCUT2D eigenvalue weighted by Gasteiger charge is -2.15. The van der Waals surface area contributed by atoms with Crippen LogP contribution >= 0.6 is 11.8 Å². The summed E-state index contributed by atoms with van der Waals surface area (Å²) in [7, 11) is 0. The molecule has 3 aromatic carbocycles. The summed E-state index contributed by atoms with van der Waals surface area (Å²) in [6, 6.07) is 15.8. The molecule has 184 valence electrons. The van der Waals surface area contributed by atoms with Crippen LogP contribution < -0.4 is 14.4 Å². The molecule has 10 heteroatoms. The van der Waals surface area contributed by atoms with E-state index in [0.29, 0.717) is 39.4 Å². The highest BCUT2D eigenvalue weighted by Gasteiger charge is 2.35. The van der Waals surface area contributed by atoms with Crippen LogP contribution in [0.5, 0.6) is 11.5 Å². The number of benzene rings is 3. The Hall–Kier alpha value is -4.18. The number of amides is 1. The lowest BCUT2D eigenvalue weighted by Crippen LogP contribution is -2.28. The number of carbonyl (C=O) groups excluding carboxylic acids is 1. The summed E-state index contributed by atoms with van der Waals surface area (Å²) in [5, 5.41) is 9.19. The van der Waals surface area contributed by atoms with Gasteiger partial charge in [0.25, 0.3) is 5.91 Å². The summed E-state index contributed by atoms with van der Waals surface area (Å²) in [4.78, 5) is 30.4. The number of carbonyl (C=O) groups is 2. The van der Waals surface area contributed by atoms with Gasteiger partial charge in [-0.05, 0) is 91.0 Å². The first-order chi connectivity index (χ1) is 17.3. The van der Waals surface area contributed by atoms with Crippen molar-refractivity contribution in [3.05, 3.63) is 88.8 Å². The van der Waals surface area contributed by atoms with Gasteiger partial charge in [0.05, 0.1) is 22.9 Å². The molecule has 1 amide bonds. The molecule has 7 nitrogen and oxygen atoms in total. The second-order valence-electron chi connectivity index (χ2n) is 7.42. The van der Waals surface area contributed by atoms with E-state index in [9.17, 15) is 18.4 Å². The average molecular weight is 511 g/mol. The van der Waals surface area contributed by atoms with E-state index in [0.717, 1.165) is 11.8 Å². The summed E-state index contributed by atoms with van der Waals surface area (Å²) >= 11 is 1.11. The number of thioether (sulfide) groups is 1. The average Bonchev–Trinajstić information content (AvgIpc) is 3.15. The Balaban J connectivity index is 1.71. The number of aliphatic carboxylic acids is 1. The fourth-order valence-electron chi connectivity index (χ4n) is 3.29. The van der Waals surface area contributed by atoms with Crippen LogP contribution in [0.1, 0.15) is 12.5 Å². The number of carboxylic acid groups (broad SMARTS) is 1. The highest BCUT2D eigenvalue weighted by Crippen LogP contribution is 2.38. The SMILES string of the molecule is CCOc1cc(/C=C2\SC(=Nc3ccc(F)cc3)N(c3ccc(F)cc3)C2=O)ccc1OCC(=O)O. The van der Waals surface area contributed by atoms with Gasteiger partial charge in [-0.25, -0.2) is 18.6 Å². The number of anilines is 1. The Bertz CT molecular complexity index is 1340. The van der Waals surface area contributed by atoms with Crippen LogP contribution in [0.3, 0.4) is 0 Å². The number of halogens is 2. The van der Waals surface area contributed by atoms with Crippen molar-refractivity contribution in [3.63, 3.8) is 0 Å². The monoisotopic (exact) mass is 510 g/mol. The van der Waals surface area contributed by atoms with Crippen molar-refractivity contribution in [2.24, 2.45) is 4.99 Å². The minimum absolute atomic E-state index is 0.262. The summed E-state index contributed by atoms with van der Waals surface area (Å²) in [5.41, 5.74) is 1.48. The van der Waals surface area contributed by atoms with Gasteiger partial charge in [-0.2, -0.15) is 0 Å². The van der Waals surface area contributed by atoms with Gasteiger partial charge in [-0.1, -0.05) is 6.07 Å². The third-order valence-corrected chi connectivity index (χ3v) is 5.83. The molecule has 36 heavy (non-hydrogen) atoms. The van der Waals surface area contributed by atoms with Crippen molar-refractivity contribution in [2.45, 2.75) is 6.92 Å². The number of amidine groups is 1. The first-order valence-corrected chi connectivity index (χ1v) is 11.6. The van der Waals surface area contributed by atoms with Crippen molar-refractivity contribution in [3.8, 4) is 11.5 Å². The molecule has 3 aromatic rings. The molecule has 0 bridgehead atoms. The van der Waals surface area contributed by atoms with Crippen molar-refractivity contribution in [1.82, 2.24) is 0 Å². The standard InChI is InChI=1S/C26H20F2N2O5S/c1-2-34-22-13-16(3-12-21(22)35-15-24(31)32)14-23-25(33)30(20-10-6-18(28)7-11-20)26(36-23)29-19-8-4-17(27)5-9-19/h3-14H,2,15H2,1H3,(H,31,32)/b23-14-,29-26?. The number of aliphatic imine (C=N–C) groups is 1. The van der Waals surface area contributed by atoms with Gasteiger partial charge in [0.1, 0.15) is 11.6 Å². The van der Waals surface area contributed by atoms with Gasteiger partial charge >= 0.3 is 5.97 Å². The first-order valence-electron chi connectivity index (χ1n) is 10.8. The van der Waals surface area contributed by atoms with Gasteiger partial charge in [0.2, 0.25) is 0 Å². The summed E-state index contributed by atoms with van der Waals surface area (Å²) in [6.45, 7) is 1.58. The second-order valence-corrected chi connectivity index (χ2v) is 8.43. The van der Waals surface area contributed by atoms with Crippen LogP contribution in [-0.4, -0.2) is 35.4 Å². The van der Waals surface area contributed by atoms with Crippen LogP contribution in [0.15, 0.2) is 76.6 Å². The Morgan fingerprint density at radius 1 is 1.00 bits per heavy atom. The van der Waals surface area contributed by atoms with E-state index in [2.05, 4.69) is 4.99 Å². The van der Waals surface area contributed by atoms with E-state index in [1.807, 2.05) is 0 Å². The Kier molecular flexibility index (Phi) is 7.65. The first kappa shape index (κ1) is 24.9. The van der Waals surface area contributed by atoms with Gasteiger partial charge in [0.15, 0.2) is 23.3 Å². The highest BCUT2D eigenvalue weighted by molar-refractivity contribution is 8.19. The molecule has 1 saturated heterocycles. The van der Waals surface area contributed by atoms with Gasteiger partial charge in [-0.15, -0.1) is 0 Å². The molecule has 1 aliphatic rings. The van der Waals surface area contributed by atoms with E-state index >= 15 is 0 Å². The highest BCUT2D eigenvalue weighted by atomic mass is 32.2. The molecule has 0 aliphatic carbocycles. The Morgan fingerprint density at radius 3 is 2.31 bits per heavy atom. The maximum Gasteiger partial charge on any atom is 0.341 e. The van der Waals surface area contributed by atoms with Crippen LogP contribution in [0.2, 0.25) is 0 Å². The number of rotatable bonds is 8. The van der Waals surface area contributed by atoms with Gasteiger partial charge in [-0.3, -0.25) is 9.69 Å². The number of ether oxygens (including phenoxy) is 2. The zero-order valence-corrected chi connectivity index (χ0v) is 19.8. The zero-order chi connectivity index (χ0) is 25.7. The van der Waals surface area contributed by atoms with Crippen molar-refractivity contribution in [1.29, 1.82) is 0 Å². The van der Waals surface area contributed by atoms with Crippen LogP contribution in [-0.2, 0) is 9.59 Å². The Morgan fingerprint density at radius 2 is 1.67 bits per heavy atom. The molecule has 0 saturated carbocycles. The summed E-state index contributed by atoms with van der Waals surface area (Å²) in [6.07, 6.45) is 1.64. The molecule has 0 spiro atoms. The van der Waals surface area contributed by atoms with E-state index in [-0.39, 0.29) is 11.7 Å². The van der Waals surface area contributed by atoms with E-state index in [1.54, 1.807) is 31.2 Å². The molecular formula is C26H20F2N2O5S. The third kappa shape index (κ3) is 5.89. The maximum atomic E-state index is 13.5. The second kappa shape index (κ2) is 11.0. The molecule has 0 atom stereocenters. The zero-order valence-electron chi connectivity index (χ0n) is 19.0. The van der Waals surface area contributed by atoms with Crippen LogP contribution in [0, 0.1) is 11.6 Å². The van der Waals surface area contributed by atoms with Crippen molar-refractivity contribution < 1.29 is 33.0 Å². The van der Waals surface area contributed by atoms with Crippen molar-refractivity contribution in [2.75, 3.05) is 18.1 Å². The molecular weight excluding hydrogens is 490 g/mol. The number of carboxylic acids is 1. The number of hydrogen-bond donors (Lipinski definition) is 1. The molecule has 0 unspecified atom stereocenters. The van der Waals surface area contributed by atoms with E-state index < -0.39 is 24.2 Å². The van der Waals surface area contributed by atoms with Crippen LogP contribution in [0.25, 0.3) is 6.08 Å². The van der Waals surface area contributed by atoms with Crippen molar-refractivity contribution >= 4 is 46.3 Å². The fourth-order valence-corrected chi connectivity index (χ4v) is 4.29. The lowest BCUT2D eigenvalue weighted by molar-refractivity contribution is -0.139. The minimum atomic E-state index is -1.12. The summed E-state index contributed by atoms with van der Waals surface area (Å²) in [5.74, 6) is -1.76. The predicted molar refractivity (Wildman–Crippen MR) is 134 cm³/mol. The van der Waals surface area contributed by atoms with Crippen LogP contribution in [0.4, 0.5) is 20.2 Å². The minimum Gasteiger partial charge on any atom is -0.490 e. The molecule has 0 aromatic heterocycles. The maximum absolute atomic E-state index is 13.5. The molecule has 1 aliphatic heterocycles. The predicted octanol–water partition coefficient (Wildman–Crippen LogP) is 5.64. The largest absolute Gasteiger partial charge is 0.490 e. The van der Waals surface area contributed by atoms with E-state index in [4.69, 9.17) is 14.6 Å². The molecule has 4 rings (SSSR count).